The maximum atomic E-state index is 5.80. The number of aromatic nitrogens is 2. The van der Waals surface area contributed by atoms with Gasteiger partial charge >= 0.3 is 0 Å². The topological polar surface area (TPSA) is 65.1 Å². The van der Waals surface area contributed by atoms with Crippen molar-refractivity contribution in [2.24, 2.45) is 5.84 Å². The van der Waals surface area contributed by atoms with Crippen LogP contribution in [0.25, 0.3) is 0 Å². The molecule has 0 aliphatic carbocycles. The SMILES string of the molecule is CCn1ncc(OC)c1C(NN)c1cccc(Br)c1C. The van der Waals surface area contributed by atoms with E-state index in [1.165, 1.54) is 0 Å². The molecule has 1 unspecified atom stereocenters. The number of rotatable bonds is 5. The highest BCUT2D eigenvalue weighted by Gasteiger charge is 2.24. The summed E-state index contributed by atoms with van der Waals surface area (Å²) >= 11 is 3.56. The van der Waals surface area contributed by atoms with Gasteiger partial charge in [0, 0.05) is 11.0 Å². The minimum absolute atomic E-state index is 0.176. The lowest BCUT2D eigenvalue weighted by Crippen LogP contribution is -2.31. The third-order valence-electron chi connectivity index (χ3n) is 3.43. The van der Waals surface area contributed by atoms with Crippen molar-refractivity contribution in [1.29, 1.82) is 0 Å². The Hall–Kier alpha value is -1.37. The molecule has 6 heteroatoms. The van der Waals surface area contributed by atoms with Gasteiger partial charge in [-0.05, 0) is 31.0 Å². The van der Waals surface area contributed by atoms with Gasteiger partial charge in [-0.25, -0.2) is 5.43 Å². The molecule has 0 spiro atoms. The van der Waals surface area contributed by atoms with Crippen LogP contribution in [-0.2, 0) is 6.54 Å². The molecule has 1 aromatic heterocycles. The molecule has 0 fully saturated rings. The first-order valence-electron chi connectivity index (χ1n) is 6.44. The van der Waals surface area contributed by atoms with E-state index in [1.807, 2.05) is 23.7 Å². The summed E-state index contributed by atoms with van der Waals surface area (Å²) in [5.41, 5.74) is 6.04. The summed E-state index contributed by atoms with van der Waals surface area (Å²) < 4.78 is 8.36. The van der Waals surface area contributed by atoms with Gasteiger partial charge < -0.3 is 4.74 Å². The fourth-order valence-electron chi connectivity index (χ4n) is 2.33. The van der Waals surface area contributed by atoms with Gasteiger partial charge in [-0.1, -0.05) is 28.1 Å². The number of nitrogens with two attached hydrogens (primary N) is 1. The molecular weight excluding hydrogens is 320 g/mol. The van der Waals surface area contributed by atoms with Crippen LogP contribution in [0.2, 0.25) is 0 Å². The lowest BCUT2D eigenvalue weighted by Gasteiger charge is -2.21. The van der Waals surface area contributed by atoms with E-state index in [0.717, 1.165) is 33.6 Å². The van der Waals surface area contributed by atoms with E-state index in [4.69, 9.17) is 10.6 Å². The van der Waals surface area contributed by atoms with Crippen molar-refractivity contribution in [3.63, 3.8) is 0 Å². The van der Waals surface area contributed by atoms with E-state index in [2.05, 4.69) is 39.4 Å². The van der Waals surface area contributed by atoms with Crippen LogP contribution in [0.5, 0.6) is 5.75 Å². The van der Waals surface area contributed by atoms with E-state index < -0.39 is 0 Å². The van der Waals surface area contributed by atoms with Crippen molar-refractivity contribution in [2.75, 3.05) is 7.11 Å². The molecule has 0 radical (unpaired) electrons. The average Bonchev–Trinajstić information content (AvgIpc) is 2.87. The van der Waals surface area contributed by atoms with Gasteiger partial charge in [-0.3, -0.25) is 10.5 Å². The number of aryl methyl sites for hydroxylation is 1. The number of hydrogen-bond acceptors (Lipinski definition) is 4. The first-order chi connectivity index (χ1) is 9.63. The maximum absolute atomic E-state index is 5.80. The fraction of sp³-hybridized carbons (Fsp3) is 0.357. The van der Waals surface area contributed by atoms with Crippen molar-refractivity contribution < 1.29 is 4.74 Å². The molecule has 0 saturated heterocycles. The minimum Gasteiger partial charge on any atom is -0.493 e. The summed E-state index contributed by atoms with van der Waals surface area (Å²) in [7, 11) is 1.64. The highest BCUT2D eigenvalue weighted by molar-refractivity contribution is 9.10. The van der Waals surface area contributed by atoms with Gasteiger partial charge in [-0.2, -0.15) is 5.10 Å². The molecule has 0 aliphatic heterocycles. The van der Waals surface area contributed by atoms with Crippen LogP contribution < -0.4 is 16.0 Å². The third-order valence-corrected chi connectivity index (χ3v) is 4.28. The molecule has 2 aromatic rings. The highest BCUT2D eigenvalue weighted by Crippen LogP contribution is 2.33. The van der Waals surface area contributed by atoms with Gasteiger partial charge in [0.1, 0.15) is 5.69 Å². The molecule has 3 N–H and O–H groups in total. The Labute approximate surface area is 127 Å². The average molecular weight is 339 g/mol. The summed E-state index contributed by atoms with van der Waals surface area (Å²) in [6.07, 6.45) is 1.72. The number of hydrogen-bond donors (Lipinski definition) is 2. The van der Waals surface area contributed by atoms with Crippen LogP contribution >= 0.6 is 15.9 Å². The molecule has 0 saturated carbocycles. The molecule has 1 atom stereocenters. The molecule has 0 aliphatic rings. The molecule has 0 amide bonds. The zero-order chi connectivity index (χ0) is 14.7. The van der Waals surface area contributed by atoms with E-state index in [9.17, 15) is 0 Å². The Morgan fingerprint density at radius 2 is 2.25 bits per heavy atom. The second kappa shape index (κ2) is 6.39. The van der Waals surface area contributed by atoms with Crippen LogP contribution in [0.15, 0.2) is 28.9 Å². The molecule has 20 heavy (non-hydrogen) atoms. The van der Waals surface area contributed by atoms with Crippen LogP contribution in [0.1, 0.15) is 29.8 Å². The summed E-state index contributed by atoms with van der Waals surface area (Å²) in [5, 5.41) is 4.34. The van der Waals surface area contributed by atoms with Gasteiger partial charge in [-0.15, -0.1) is 0 Å². The van der Waals surface area contributed by atoms with Crippen LogP contribution in [0, 0.1) is 6.92 Å². The zero-order valence-corrected chi connectivity index (χ0v) is 13.4. The smallest absolute Gasteiger partial charge is 0.161 e. The number of nitrogens with zero attached hydrogens (tertiary/aromatic N) is 2. The number of nitrogens with one attached hydrogen (secondary N) is 1. The Balaban J connectivity index is 2.58. The number of methoxy groups -OCH3 is 1. The first-order valence-corrected chi connectivity index (χ1v) is 7.24. The standard InChI is InChI=1S/C14H19BrN4O/c1-4-19-14(12(20-3)8-17-19)13(18-16)10-6-5-7-11(15)9(10)2/h5-8,13,18H,4,16H2,1-3H3. The van der Waals surface area contributed by atoms with Crippen LogP contribution in [-0.4, -0.2) is 16.9 Å². The number of ether oxygens (including phenoxy) is 1. The Bertz CT molecular complexity index is 575. The predicted molar refractivity (Wildman–Crippen MR) is 82.5 cm³/mol. The van der Waals surface area contributed by atoms with E-state index in [0.29, 0.717) is 0 Å². The Morgan fingerprint density at radius 3 is 2.85 bits per heavy atom. The lowest BCUT2D eigenvalue weighted by atomic mass is 9.99. The van der Waals surface area contributed by atoms with Crippen molar-refractivity contribution in [1.82, 2.24) is 15.2 Å². The van der Waals surface area contributed by atoms with Gasteiger partial charge in [0.2, 0.25) is 0 Å². The molecule has 1 heterocycles. The van der Waals surface area contributed by atoms with Crippen molar-refractivity contribution >= 4 is 15.9 Å². The van der Waals surface area contributed by atoms with Gasteiger partial charge in [0.25, 0.3) is 0 Å². The summed E-state index contributed by atoms with van der Waals surface area (Å²) in [6, 6.07) is 5.89. The van der Waals surface area contributed by atoms with Gasteiger partial charge in [0.05, 0.1) is 19.3 Å². The molecule has 108 valence electrons. The largest absolute Gasteiger partial charge is 0.493 e. The first kappa shape index (κ1) is 15.0. The number of halogens is 1. The normalized spacial score (nSPS) is 12.4. The third kappa shape index (κ3) is 2.59. The lowest BCUT2D eigenvalue weighted by molar-refractivity contribution is 0.399. The highest BCUT2D eigenvalue weighted by atomic mass is 79.9. The molecule has 5 nitrogen and oxygen atoms in total. The predicted octanol–water partition coefficient (Wildman–Crippen LogP) is 2.54. The molecule has 1 aromatic carbocycles. The molecule has 2 rings (SSSR count). The Morgan fingerprint density at radius 1 is 1.50 bits per heavy atom. The second-order valence-electron chi connectivity index (χ2n) is 4.47. The van der Waals surface area contributed by atoms with Gasteiger partial charge in [0.15, 0.2) is 5.75 Å². The quantitative estimate of drug-likeness (QED) is 0.649. The summed E-state index contributed by atoms with van der Waals surface area (Å²) in [4.78, 5) is 0. The van der Waals surface area contributed by atoms with Crippen LogP contribution in [0.3, 0.4) is 0 Å². The number of benzene rings is 1. The Kier molecular flexibility index (Phi) is 4.80. The summed E-state index contributed by atoms with van der Waals surface area (Å²) in [5.74, 6) is 6.53. The minimum atomic E-state index is -0.176. The fourth-order valence-corrected chi connectivity index (χ4v) is 2.71. The van der Waals surface area contributed by atoms with Crippen molar-refractivity contribution in [3.8, 4) is 5.75 Å². The molecule has 0 bridgehead atoms. The van der Waals surface area contributed by atoms with E-state index in [-0.39, 0.29) is 6.04 Å². The van der Waals surface area contributed by atoms with E-state index >= 15 is 0 Å². The monoisotopic (exact) mass is 338 g/mol. The van der Waals surface area contributed by atoms with Crippen molar-refractivity contribution in [2.45, 2.75) is 26.4 Å². The summed E-state index contributed by atoms with van der Waals surface area (Å²) in [6.45, 7) is 4.85. The van der Waals surface area contributed by atoms with Crippen LogP contribution in [0.4, 0.5) is 0 Å². The van der Waals surface area contributed by atoms with E-state index in [1.54, 1.807) is 13.3 Å². The second-order valence-corrected chi connectivity index (χ2v) is 5.32. The maximum Gasteiger partial charge on any atom is 0.161 e. The van der Waals surface area contributed by atoms with Crippen molar-refractivity contribution in [3.05, 3.63) is 45.7 Å². The number of hydrazine groups is 1. The zero-order valence-electron chi connectivity index (χ0n) is 11.9. The molecular formula is C14H19BrN4O.